The van der Waals surface area contributed by atoms with Crippen LogP contribution in [-0.2, 0) is 19.5 Å². The summed E-state index contributed by atoms with van der Waals surface area (Å²) in [5.41, 5.74) is 4.26. The van der Waals surface area contributed by atoms with Crippen molar-refractivity contribution in [2.45, 2.75) is 25.6 Å². The number of nitrogens with zero attached hydrogens (tertiary/aromatic N) is 4. The molecule has 0 saturated heterocycles. The van der Waals surface area contributed by atoms with Gasteiger partial charge in [0, 0.05) is 18.4 Å². The van der Waals surface area contributed by atoms with Gasteiger partial charge in [-0.1, -0.05) is 30.3 Å². The van der Waals surface area contributed by atoms with E-state index in [1.54, 1.807) is 18.5 Å². The van der Waals surface area contributed by atoms with E-state index in [1.165, 1.54) is 4.90 Å². The number of nitriles is 1. The van der Waals surface area contributed by atoms with Gasteiger partial charge in [0.15, 0.2) is 0 Å². The van der Waals surface area contributed by atoms with Crippen LogP contribution in [0.5, 0.6) is 0 Å². The number of rotatable bonds is 4. The summed E-state index contributed by atoms with van der Waals surface area (Å²) in [4.78, 5) is 23.1. The molecular weight excluding hydrogens is 366 g/mol. The molecule has 4 rings (SSSR count). The van der Waals surface area contributed by atoms with Crippen LogP contribution in [0.3, 0.4) is 0 Å². The molecule has 0 saturated carbocycles. The molecule has 7 heteroatoms. The summed E-state index contributed by atoms with van der Waals surface area (Å²) in [6.07, 6.45) is 3.14. The average Bonchev–Trinajstić information content (AvgIpc) is 3.19. The van der Waals surface area contributed by atoms with Gasteiger partial charge in [0.1, 0.15) is 0 Å². The highest BCUT2D eigenvalue weighted by Gasteiger charge is 2.31. The van der Waals surface area contributed by atoms with Crippen molar-refractivity contribution in [3.8, 4) is 6.07 Å². The molecule has 7 nitrogen and oxygen atoms in total. The summed E-state index contributed by atoms with van der Waals surface area (Å²) in [6, 6.07) is 17.3. The zero-order valence-electron chi connectivity index (χ0n) is 15.8. The molecule has 1 amide bonds. The number of anilines is 1. The minimum Gasteiger partial charge on any atom is -0.465 e. The van der Waals surface area contributed by atoms with Crippen molar-refractivity contribution in [1.29, 1.82) is 5.26 Å². The van der Waals surface area contributed by atoms with Crippen LogP contribution in [0.1, 0.15) is 22.4 Å². The Labute approximate surface area is 168 Å². The smallest absolute Gasteiger partial charge is 0.407 e. The Morgan fingerprint density at radius 1 is 1.28 bits per heavy atom. The lowest BCUT2D eigenvalue weighted by atomic mass is 10.0. The molecule has 2 aromatic carbocycles. The molecule has 1 unspecified atom stereocenters. The van der Waals surface area contributed by atoms with Gasteiger partial charge in [-0.2, -0.15) is 5.26 Å². The molecule has 1 aliphatic rings. The van der Waals surface area contributed by atoms with Crippen LogP contribution in [0.25, 0.3) is 0 Å². The molecule has 3 aromatic rings. The van der Waals surface area contributed by atoms with Gasteiger partial charge in [-0.15, -0.1) is 0 Å². The molecular formula is C22H21N5O2. The summed E-state index contributed by atoms with van der Waals surface area (Å²) < 4.78 is 0. The zero-order chi connectivity index (χ0) is 20.2. The fraction of sp³-hybridized carbons (Fsp3) is 0.227. The summed E-state index contributed by atoms with van der Waals surface area (Å²) in [6.45, 7) is 1.34. The van der Waals surface area contributed by atoms with Crippen molar-refractivity contribution >= 4 is 11.8 Å². The SMILES string of the molecule is N#Cc1ccc2c(c1)CN(C(=O)O)C(Cc1ccccc1)CN2Cc1c[nH]cn1. The van der Waals surface area contributed by atoms with Gasteiger partial charge in [0.05, 0.1) is 42.8 Å². The largest absolute Gasteiger partial charge is 0.465 e. The van der Waals surface area contributed by atoms with Crippen molar-refractivity contribution in [1.82, 2.24) is 14.9 Å². The van der Waals surface area contributed by atoms with E-state index in [2.05, 4.69) is 20.9 Å². The second-order valence-corrected chi connectivity index (χ2v) is 7.15. The number of hydrogen-bond donors (Lipinski definition) is 2. The molecule has 0 bridgehead atoms. The second kappa shape index (κ2) is 8.07. The normalized spacial score (nSPS) is 16.0. The predicted molar refractivity (Wildman–Crippen MR) is 108 cm³/mol. The van der Waals surface area contributed by atoms with E-state index in [0.29, 0.717) is 25.1 Å². The van der Waals surface area contributed by atoms with E-state index in [0.717, 1.165) is 22.5 Å². The van der Waals surface area contributed by atoms with Crippen LogP contribution >= 0.6 is 0 Å². The maximum absolute atomic E-state index is 12.1. The Kier molecular flexibility index (Phi) is 5.16. The Bertz CT molecular complexity index is 1030. The Morgan fingerprint density at radius 2 is 2.10 bits per heavy atom. The number of carbonyl (C=O) groups is 1. The zero-order valence-corrected chi connectivity index (χ0v) is 15.8. The molecule has 1 atom stereocenters. The lowest BCUT2D eigenvalue weighted by Gasteiger charge is -2.31. The third-order valence-electron chi connectivity index (χ3n) is 5.23. The van der Waals surface area contributed by atoms with Crippen LogP contribution < -0.4 is 4.90 Å². The Balaban J connectivity index is 1.73. The van der Waals surface area contributed by atoms with Crippen molar-refractivity contribution in [2.75, 3.05) is 11.4 Å². The molecule has 2 heterocycles. The maximum Gasteiger partial charge on any atom is 0.407 e. The Hall–Kier alpha value is -3.79. The predicted octanol–water partition coefficient (Wildman–Crippen LogP) is 3.39. The topological polar surface area (TPSA) is 96.2 Å². The number of benzene rings is 2. The standard InChI is InChI=1S/C22H21N5O2/c23-10-17-6-7-21-18(8-17)12-27(22(28)29)20(9-16-4-2-1-3-5-16)14-26(21)13-19-11-24-15-25-19/h1-8,11,15,20H,9,12-14H2,(H,24,25)(H,28,29). The van der Waals surface area contributed by atoms with E-state index < -0.39 is 6.09 Å². The quantitative estimate of drug-likeness (QED) is 0.715. The van der Waals surface area contributed by atoms with Gasteiger partial charge in [-0.05, 0) is 35.7 Å². The number of nitrogens with one attached hydrogen (secondary N) is 1. The summed E-state index contributed by atoms with van der Waals surface area (Å²) in [5, 5.41) is 19.2. The van der Waals surface area contributed by atoms with Crippen LogP contribution in [0.2, 0.25) is 0 Å². The monoisotopic (exact) mass is 387 g/mol. The first kappa shape index (κ1) is 18.6. The molecule has 1 aliphatic heterocycles. The van der Waals surface area contributed by atoms with Crippen molar-refractivity contribution < 1.29 is 9.90 Å². The van der Waals surface area contributed by atoms with E-state index in [4.69, 9.17) is 0 Å². The first-order valence-electron chi connectivity index (χ1n) is 9.43. The maximum atomic E-state index is 12.1. The van der Waals surface area contributed by atoms with E-state index in [9.17, 15) is 15.2 Å². The number of fused-ring (bicyclic) bond motifs is 1. The van der Waals surface area contributed by atoms with E-state index in [-0.39, 0.29) is 12.6 Å². The third kappa shape index (κ3) is 4.06. The van der Waals surface area contributed by atoms with E-state index in [1.807, 2.05) is 42.6 Å². The second-order valence-electron chi connectivity index (χ2n) is 7.15. The molecule has 0 fully saturated rings. The third-order valence-corrected chi connectivity index (χ3v) is 5.23. The number of aromatic amines is 1. The highest BCUT2D eigenvalue weighted by Crippen LogP contribution is 2.30. The average molecular weight is 387 g/mol. The highest BCUT2D eigenvalue weighted by molar-refractivity contribution is 5.68. The number of aromatic nitrogens is 2. The van der Waals surface area contributed by atoms with Crippen molar-refractivity contribution in [3.05, 3.63) is 83.4 Å². The molecule has 1 aromatic heterocycles. The molecule has 0 spiro atoms. The van der Waals surface area contributed by atoms with Crippen LogP contribution in [-0.4, -0.2) is 38.7 Å². The van der Waals surface area contributed by atoms with Gasteiger partial charge in [0.25, 0.3) is 0 Å². The fourth-order valence-electron chi connectivity index (χ4n) is 3.86. The van der Waals surface area contributed by atoms with Gasteiger partial charge >= 0.3 is 6.09 Å². The molecule has 2 N–H and O–H groups in total. The fourth-order valence-corrected chi connectivity index (χ4v) is 3.86. The van der Waals surface area contributed by atoms with Crippen molar-refractivity contribution in [3.63, 3.8) is 0 Å². The van der Waals surface area contributed by atoms with Gasteiger partial charge in [-0.3, -0.25) is 4.90 Å². The molecule has 29 heavy (non-hydrogen) atoms. The number of imidazole rings is 1. The lowest BCUT2D eigenvalue weighted by molar-refractivity contribution is 0.123. The summed E-state index contributed by atoms with van der Waals surface area (Å²) in [5.74, 6) is 0. The first-order valence-corrected chi connectivity index (χ1v) is 9.43. The Morgan fingerprint density at radius 3 is 2.79 bits per heavy atom. The van der Waals surface area contributed by atoms with Crippen LogP contribution in [0.4, 0.5) is 10.5 Å². The number of carboxylic acid groups (broad SMARTS) is 1. The number of H-pyrrole nitrogens is 1. The summed E-state index contributed by atoms with van der Waals surface area (Å²) >= 11 is 0. The summed E-state index contributed by atoms with van der Waals surface area (Å²) in [7, 11) is 0. The van der Waals surface area contributed by atoms with E-state index >= 15 is 0 Å². The molecule has 0 radical (unpaired) electrons. The number of amides is 1. The minimum absolute atomic E-state index is 0.230. The van der Waals surface area contributed by atoms with Gasteiger partial charge < -0.3 is 15.0 Å². The van der Waals surface area contributed by atoms with Crippen LogP contribution in [0, 0.1) is 11.3 Å². The van der Waals surface area contributed by atoms with Crippen LogP contribution in [0.15, 0.2) is 61.1 Å². The molecule has 146 valence electrons. The van der Waals surface area contributed by atoms with Gasteiger partial charge in [-0.25, -0.2) is 9.78 Å². The number of hydrogen-bond acceptors (Lipinski definition) is 4. The minimum atomic E-state index is -0.958. The first-order chi connectivity index (χ1) is 14.1. The van der Waals surface area contributed by atoms with Gasteiger partial charge in [0.2, 0.25) is 0 Å². The molecule has 0 aliphatic carbocycles. The lowest BCUT2D eigenvalue weighted by Crippen LogP contribution is -2.45. The van der Waals surface area contributed by atoms with Crippen molar-refractivity contribution in [2.24, 2.45) is 0 Å². The highest BCUT2D eigenvalue weighted by atomic mass is 16.4.